The fraction of sp³-hybridized carbons (Fsp3) is 0.526. The summed E-state index contributed by atoms with van der Waals surface area (Å²) in [6.45, 7) is 5.88. The van der Waals surface area contributed by atoms with Crippen LogP contribution < -0.4 is 10.6 Å². The first-order chi connectivity index (χ1) is 11.8. The summed E-state index contributed by atoms with van der Waals surface area (Å²) < 4.78 is 0. The second kappa shape index (κ2) is 7.11. The Balaban J connectivity index is 1.24. The van der Waals surface area contributed by atoms with Crippen LogP contribution in [0.25, 0.3) is 0 Å². The smallest absolute Gasteiger partial charge is 0.180 e. The SMILES string of the molecule is Nc1nc2c(s1)CC(CCN1CCN(c3ccccc3)CC1)CC2. The van der Waals surface area contributed by atoms with Crippen molar-refractivity contribution in [2.75, 3.05) is 43.4 Å². The van der Waals surface area contributed by atoms with Gasteiger partial charge in [0.2, 0.25) is 0 Å². The molecule has 1 aliphatic heterocycles. The number of hydrogen-bond donors (Lipinski definition) is 1. The number of nitrogens with zero attached hydrogens (tertiary/aromatic N) is 3. The van der Waals surface area contributed by atoms with Gasteiger partial charge in [-0.3, -0.25) is 4.90 Å². The first-order valence-corrected chi connectivity index (χ1v) is 9.86. The summed E-state index contributed by atoms with van der Waals surface area (Å²) in [6, 6.07) is 10.8. The van der Waals surface area contributed by atoms with Crippen molar-refractivity contribution in [3.63, 3.8) is 0 Å². The van der Waals surface area contributed by atoms with Gasteiger partial charge < -0.3 is 10.6 Å². The van der Waals surface area contributed by atoms with E-state index in [9.17, 15) is 0 Å². The van der Waals surface area contributed by atoms with Crippen molar-refractivity contribution in [2.24, 2.45) is 5.92 Å². The minimum absolute atomic E-state index is 0.748. The van der Waals surface area contributed by atoms with E-state index in [2.05, 4.69) is 45.1 Å². The Hall–Kier alpha value is -1.59. The maximum absolute atomic E-state index is 5.85. The number of para-hydroxylation sites is 1. The summed E-state index contributed by atoms with van der Waals surface area (Å²) >= 11 is 1.70. The highest BCUT2D eigenvalue weighted by atomic mass is 32.1. The van der Waals surface area contributed by atoms with Gasteiger partial charge in [0, 0.05) is 36.7 Å². The molecule has 4 rings (SSSR count). The highest BCUT2D eigenvalue weighted by Gasteiger charge is 2.23. The highest BCUT2D eigenvalue weighted by molar-refractivity contribution is 7.15. The number of nitrogen functional groups attached to an aromatic ring is 1. The maximum atomic E-state index is 5.85. The molecule has 0 bridgehead atoms. The minimum atomic E-state index is 0.748. The van der Waals surface area contributed by atoms with Gasteiger partial charge in [-0.2, -0.15) is 0 Å². The quantitative estimate of drug-likeness (QED) is 0.928. The Morgan fingerprint density at radius 2 is 1.92 bits per heavy atom. The van der Waals surface area contributed by atoms with Gasteiger partial charge in [-0.1, -0.05) is 18.2 Å². The standard InChI is InChI=1S/C19H26N4S/c20-19-21-17-7-6-15(14-18(17)24-19)8-9-22-10-12-23(13-11-22)16-4-2-1-3-5-16/h1-5,15H,6-14H2,(H2,20,21). The molecule has 4 nitrogen and oxygen atoms in total. The fourth-order valence-electron chi connectivity index (χ4n) is 3.94. The van der Waals surface area contributed by atoms with Crippen LogP contribution in [0.4, 0.5) is 10.8 Å². The van der Waals surface area contributed by atoms with Gasteiger partial charge >= 0.3 is 0 Å². The second-order valence-electron chi connectivity index (χ2n) is 6.98. The predicted molar refractivity (Wildman–Crippen MR) is 102 cm³/mol. The molecule has 2 heterocycles. The molecule has 1 aromatic carbocycles. The normalized spacial score (nSPS) is 21.7. The number of fused-ring (bicyclic) bond motifs is 1. The number of aromatic nitrogens is 1. The molecular formula is C19H26N4S. The Bertz CT molecular complexity index is 661. The molecule has 1 unspecified atom stereocenters. The summed E-state index contributed by atoms with van der Waals surface area (Å²) in [7, 11) is 0. The average molecular weight is 343 g/mol. The first-order valence-electron chi connectivity index (χ1n) is 9.04. The third kappa shape index (κ3) is 3.57. The molecule has 1 saturated heterocycles. The molecule has 0 spiro atoms. The van der Waals surface area contributed by atoms with E-state index in [1.807, 2.05) is 0 Å². The largest absolute Gasteiger partial charge is 0.375 e. The van der Waals surface area contributed by atoms with E-state index in [4.69, 9.17) is 5.73 Å². The number of nitrogens with two attached hydrogens (primary N) is 1. The number of benzene rings is 1. The van der Waals surface area contributed by atoms with Gasteiger partial charge in [-0.25, -0.2) is 4.98 Å². The molecule has 24 heavy (non-hydrogen) atoms. The van der Waals surface area contributed by atoms with Gasteiger partial charge in [0.1, 0.15) is 0 Å². The summed E-state index contributed by atoms with van der Waals surface area (Å²) in [5.41, 5.74) is 8.48. The van der Waals surface area contributed by atoms with Gasteiger partial charge in [0.15, 0.2) is 5.13 Å². The number of aryl methyl sites for hydroxylation is 1. The Kier molecular flexibility index (Phi) is 4.72. The monoisotopic (exact) mass is 342 g/mol. The Labute approximate surface area is 148 Å². The van der Waals surface area contributed by atoms with Crippen molar-refractivity contribution in [3.05, 3.63) is 40.9 Å². The van der Waals surface area contributed by atoms with Crippen molar-refractivity contribution in [1.29, 1.82) is 0 Å². The Morgan fingerprint density at radius 3 is 2.71 bits per heavy atom. The molecule has 1 aliphatic carbocycles. The lowest BCUT2D eigenvalue weighted by molar-refractivity contribution is 0.233. The lowest BCUT2D eigenvalue weighted by Crippen LogP contribution is -2.47. The van der Waals surface area contributed by atoms with E-state index in [1.54, 1.807) is 11.3 Å². The molecule has 0 radical (unpaired) electrons. The van der Waals surface area contributed by atoms with Crippen LogP contribution in [0.15, 0.2) is 30.3 Å². The average Bonchev–Trinajstić information content (AvgIpc) is 3.00. The van der Waals surface area contributed by atoms with Crippen molar-refractivity contribution in [1.82, 2.24) is 9.88 Å². The molecule has 2 N–H and O–H groups in total. The van der Waals surface area contributed by atoms with Crippen LogP contribution in [-0.4, -0.2) is 42.6 Å². The van der Waals surface area contributed by atoms with Gasteiger partial charge in [-0.15, -0.1) is 11.3 Å². The van der Waals surface area contributed by atoms with Crippen LogP contribution >= 0.6 is 11.3 Å². The molecule has 2 aliphatic rings. The molecule has 0 saturated carbocycles. The zero-order valence-electron chi connectivity index (χ0n) is 14.2. The van der Waals surface area contributed by atoms with Crippen LogP contribution in [0.1, 0.15) is 23.4 Å². The third-order valence-electron chi connectivity index (χ3n) is 5.41. The highest BCUT2D eigenvalue weighted by Crippen LogP contribution is 2.32. The van der Waals surface area contributed by atoms with Gasteiger partial charge in [0.05, 0.1) is 5.69 Å². The molecule has 128 valence electrons. The van der Waals surface area contributed by atoms with Crippen molar-refractivity contribution < 1.29 is 0 Å². The van der Waals surface area contributed by atoms with E-state index in [0.29, 0.717) is 0 Å². The molecule has 5 heteroatoms. The zero-order valence-corrected chi connectivity index (χ0v) is 15.0. The lowest BCUT2D eigenvalue weighted by atomic mass is 9.88. The summed E-state index contributed by atoms with van der Waals surface area (Å²) in [5, 5.41) is 0.748. The molecule has 1 aromatic heterocycles. The van der Waals surface area contributed by atoms with E-state index in [1.165, 1.54) is 55.2 Å². The third-order valence-corrected chi connectivity index (χ3v) is 6.35. The van der Waals surface area contributed by atoms with E-state index in [-0.39, 0.29) is 0 Å². The summed E-state index contributed by atoms with van der Waals surface area (Å²) in [4.78, 5) is 11.0. The van der Waals surface area contributed by atoms with Crippen molar-refractivity contribution >= 4 is 22.2 Å². The van der Waals surface area contributed by atoms with E-state index in [0.717, 1.165) is 30.6 Å². The van der Waals surface area contributed by atoms with E-state index < -0.39 is 0 Å². The number of rotatable bonds is 4. The number of hydrogen-bond acceptors (Lipinski definition) is 5. The minimum Gasteiger partial charge on any atom is -0.375 e. The zero-order chi connectivity index (χ0) is 16.4. The second-order valence-corrected chi connectivity index (χ2v) is 8.10. The predicted octanol–water partition coefficient (Wildman–Crippen LogP) is 3.04. The molecular weight excluding hydrogens is 316 g/mol. The first kappa shape index (κ1) is 15.9. The molecule has 0 amide bonds. The topological polar surface area (TPSA) is 45.4 Å². The Morgan fingerprint density at radius 1 is 1.12 bits per heavy atom. The maximum Gasteiger partial charge on any atom is 0.180 e. The van der Waals surface area contributed by atoms with Crippen molar-refractivity contribution in [2.45, 2.75) is 25.7 Å². The lowest BCUT2D eigenvalue weighted by Gasteiger charge is -2.36. The van der Waals surface area contributed by atoms with Gasteiger partial charge in [0.25, 0.3) is 0 Å². The fourth-order valence-corrected chi connectivity index (χ4v) is 4.94. The van der Waals surface area contributed by atoms with Gasteiger partial charge in [-0.05, 0) is 50.3 Å². The molecule has 2 aromatic rings. The van der Waals surface area contributed by atoms with Crippen LogP contribution in [0.2, 0.25) is 0 Å². The molecule has 1 atom stereocenters. The van der Waals surface area contributed by atoms with Crippen molar-refractivity contribution in [3.8, 4) is 0 Å². The molecule has 1 fully saturated rings. The van der Waals surface area contributed by atoms with Crippen LogP contribution in [0, 0.1) is 5.92 Å². The number of piperazine rings is 1. The number of thiazole rings is 1. The summed E-state index contributed by atoms with van der Waals surface area (Å²) in [5.74, 6) is 0.810. The van der Waals surface area contributed by atoms with Crippen LogP contribution in [0.3, 0.4) is 0 Å². The van der Waals surface area contributed by atoms with Crippen LogP contribution in [-0.2, 0) is 12.8 Å². The van der Waals surface area contributed by atoms with E-state index >= 15 is 0 Å². The summed E-state index contributed by atoms with van der Waals surface area (Å²) in [6.07, 6.45) is 4.90. The van der Waals surface area contributed by atoms with Crippen LogP contribution in [0.5, 0.6) is 0 Å². The number of anilines is 2.